The van der Waals surface area contributed by atoms with E-state index >= 15 is 0 Å². The van der Waals surface area contributed by atoms with E-state index < -0.39 is 0 Å². The van der Waals surface area contributed by atoms with Crippen molar-refractivity contribution in [1.82, 2.24) is 20.1 Å². The van der Waals surface area contributed by atoms with Crippen molar-refractivity contribution < 1.29 is 4.79 Å². The summed E-state index contributed by atoms with van der Waals surface area (Å²) in [5.74, 6) is -0.211. The van der Waals surface area contributed by atoms with Crippen molar-refractivity contribution in [3.8, 4) is 0 Å². The Morgan fingerprint density at radius 1 is 1.47 bits per heavy atom. The Balaban J connectivity index is 1.83. The van der Waals surface area contributed by atoms with E-state index in [1.165, 1.54) is 6.20 Å². The number of nitrogens with one attached hydrogen (secondary N) is 1. The number of anilines is 1. The van der Waals surface area contributed by atoms with Gasteiger partial charge >= 0.3 is 0 Å². The molecule has 0 aliphatic heterocycles. The number of rotatable bonds is 4. The highest BCUT2D eigenvalue weighted by molar-refractivity contribution is 5.92. The summed E-state index contributed by atoms with van der Waals surface area (Å²) >= 11 is 0. The van der Waals surface area contributed by atoms with Gasteiger partial charge in [0.15, 0.2) is 0 Å². The number of nitrogen functional groups attached to an aromatic ring is 1. The van der Waals surface area contributed by atoms with Gasteiger partial charge in [-0.2, -0.15) is 5.10 Å². The van der Waals surface area contributed by atoms with E-state index in [0.717, 1.165) is 0 Å². The Hall–Kier alpha value is -2.37. The summed E-state index contributed by atoms with van der Waals surface area (Å²) in [6, 6.07) is 5.08. The summed E-state index contributed by atoms with van der Waals surface area (Å²) in [4.78, 5) is 15.6. The minimum absolute atomic E-state index is 0.211. The van der Waals surface area contributed by atoms with Gasteiger partial charge in [-0.15, -0.1) is 0 Å². The number of carbonyl (C=O) groups is 1. The molecule has 2 heterocycles. The Kier molecular flexibility index (Phi) is 3.34. The molecule has 6 heteroatoms. The van der Waals surface area contributed by atoms with Crippen LogP contribution in [-0.4, -0.2) is 27.2 Å². The first-order chi connectivity index (χ1) is 8.25. The van der Waals surface area contributed by atoms with Crippen molar-refractivity contribution in [3.05, 3.63) is 42.5 Å². The van der Waals surface area contributed by atoms with Gasteiger partial charge in [0.05, 0.1) is 18.4 Å². The Bertz CT molecular complexity index is 477. The first kappa shape index (κ1) is 11.1. The van der Waals surface area contributed by atoms with E-state index in [4.69, 9.17) is 5.73 Å². The predicted molar refractivity (Wildman–Crippen MR) is 63.2 cm³/mol. The van der Waals surface area contributed by atoms with Crippen LogP contribution in [0.2, 0.25) is 0 Å². The number of nitrogens with zero attached hydrogens (tertiary/aromatic N) is 3. The van der Waals surface area contributed by atoms with E-state index in [0.29, 0.717) is 24.5 Å². The average molecular weight is 231 g/mol. The summed E-state index contributed by atoms with van der Waals surface area (Å²) < 4.78 is 1.75. The molecule has 88 valence electrons. The molecule has 2 rings (SSSR count). The molecule has 0 spiro atoms. The summed E-state index contributed by atoms with van der Waals surface area (Å²) in [6.45, 7) is 1.14. The van der Waals surface area contributed by atoms with Gasteiger partial charge in [-0.25, -0.2) is 4.98 Å². The fourth-order valence-corrected chi connectivity index (χ4v) is 1.35. The third-order valence-electron chi connectivity index (χ3n) is 2.20. The molecule has 2 aromatic heterocycles. The highest BCUT2D eigenvalue weighted by Gasteiger charge is 2.05. The third kappa shape index (κ3) is 3.04. The monoisotopic (exact) mass is 231 g/mol. The summed E-state index contributed by atoms with van der Waals surface area (Å²) in [5.41, 5.74) is 6.39. The fraction of sp³-hybridized carbons (Fsp3) is 0.182. The molecule has 17 heavy (non-hydrogen) atoms. The molecule has 0 saturated carbocycles. The maximum atomic E-state index is 11.6. The highest BCUT2D eigenvalue weighted by Crippen LogP contribution is 2.00. The highest BCUT2D eigenvalue weighted by atomic mass is 16.1. The number of hydrogen-bond acceptors (Lipinski definition) is 4. The lowest BCUT2D eigenvalue weighted by atomic mass is 10.3. The maximum absolute atomic E-state index is 11.6. The number of aromatic nitrogens is 3. The topological polar surface area (TPSA) is 85.8 Å². The number of nitrogens with two attached hydrogens (primary N) is 1. The smallest absolute Gasteiger partial charge is 0.269 e. The molecule has 2 aromatic rings. The van der Waals surface area contributed by atoms with Crippen LogP contribution < -0.4 is 11.1 Å². The largest absolute Gasteiger partial charge is 0.397 e. The lowest BCUT2D eigenvalue weighted by molar-refractivity contribution is 0.0947. The molecule has 0 aliphatic carbocycles. The van der Waals surface area contributed by atoms with Crippen LogP contribution in [0.15, 0.2) is 36.8 Å². The third-order valence-corrected chi connectivity index (χ3v) is 2.20. The number of carbonyl (C=O) groups excluding carboxylic acids is 1. The fourth-order valence-electron chi connectivity index (χ4n) is 1.35. The molecule has 0 aliphatic rings. The molecular weight excluding hydrogens is 218 g/mol. The van der Waals surface area contributed by atoms with Crippen LogP contribution in [0, 0.1) is 0 Å². The molecule has 0 unspecified atom stereocenters. The quantitative estimate of drug-likeness (QED) is 0.792. The van der Waals surface area contributed by atoms with Crippen molar-refractivity contribution in [2.45, 2.75) is 6.54 Å². The zero-order chi connectivity index (χ0) is 12.1. The average Bonchev–Trinajstić information content (AvgIpc) is 2.83. The number of amides is 1. The maximum Gasteiger partial charge on any atom is 0.269 e. The van der Waals surface area contributed by atoms with Gasteiger partial charge in [-0.05, 0) is 18.2 Å². The van der Waals surface area contributed by atoms with Gasteiger partial charge in [-0.3, -0.25) is 9.48 Å². The second-order valence-corrected chi connectivity index (χ2v) is 3.50. The van der Waals surface area contributed by atoms with E-state index in [1.807, 2.05) is 12.3 Å². The molecular formula is C11H13N5O. The Labute approximate surface area is 98.5 Å². The predicted octanol–water partition coefficient (Wildman–Crippen LogP) is 0.290. The van der Waals surface area contributed by atoms with Crippen molar-refractivity contribution in [2.24, 2.45) is 0 Å². The van der Waals surface area contributed by atoms with E-state index in [2.05, 4.69) is 15.4 Å². The van der Waals surface area contributed by atoms with Crippen LogP contribution in [0.3, 0.4) is 0 Å². The van der Waals surface area contributed by atoms with Gasteiger partial charge in [0.2, 0.25) is 0 Å². The van der Waals surface area contributed by atoms with Gasteiger partial charge in [-0.1, -0.05) is 0 Å². The zero-order valence-corrected chi connectivity index (χ0v) is 9.21. The van der Waals surface area contributed by atoms with Crippen molar-refractivity contribution >= 4 is 11.6 Å². The van der Waals surface area contributed by atoms with Crippen molar-refractivity contribution in [1.29, 1.82) is 0 Å². The summed E-state index contributed by atoms with van der Waals surface area (Å²) in [6.07, 6.45) is 5.00. The molecule has 0 bridgehead atoms. The SMILES string of the molecule is Nc1ccc(C(=O)NCCn2cccn2)nc1. The number of hydrogen-bond donors (Lipinski definition) is 2. The first-order valence-corrected chi connectivity index (χ1v) is 5.23. The lowest BCUT2D eigenvalue weighted by Gasteiger charge is -2.04. The Morgan fingerprint density at radius 3 is 3.00 bits per heavy atom. The second kappa shape index (κ2) is 5.11. The van der Waals surface area contributed by atoms with E-state index in [-0.39, 0.29) is 5.91 Å². The zero-order valence-electron chi connectivity index (χ0n) is 9.21. The number of pyridine rings is 1. The van der Waals surface area contributed by atoms with Gasteiger partial charge in [0, 0.05) is 18.9 Å². The molecule has 0 radical (unpaired) electrons. The van der Waals surface area contributed by atoms with Crippen LogP contribution >= 0.6 is 0 Å². The van der Waals surface area contributed by atoms with Crippen LogP contribution in [0.4, 0.5) is 5.69 Å². The lowest BCUT2D eigenvalue weighted by Crippen LogP contribution is -2.28. The van der Waals surface area contributed by atoms with Crippen molar-refractivity contribution in [2.75, 3.05) is 12.3 Å². The van der Waals surface area contributed by atoms with Gasteiger partial charge in [0.25, 0.3) is 5.91 Å². The van der Waals surface area contributed by atoms with Crippen LogP contribution in [0.1, 0.15) is 10.5 Å². The first-order valence-electron chi connectivity index (χ1n) is 5.23. The van der Waals surface area contributed by atoms with E-state index in [1.54, 1.807) is 23.0 Å². The molecule has 3 N–H and O–H groups in total. The summed E-state index contributed by atoms with van der Waals surface area (Å²) in [7, 11) is 0. The molecule has 1 amide bonds. The molecule has 0 saturated heterocycles. The molecule has 0 fully saturated rings. The van der Waals surface area contributed by atoms with Gasteiger partial charge in [0.1, 0.15) is 5.69 Å². The van der Waals surface area contributed by atoms with Crippen LogP contribution in [-0.2, 0) is 6.54 Å². The standard InChI is InChI=1S/C11H13N5O/c12-9-2-3-10(14-8-9)11(17)13-5-7-16-6-1-4-15-16/h1-4,6,8H,5,7,12H2,(H,13,17). The van der Waals surface area contributed by atoms with E-state index in [9.17, 15) is 4.79 Å². The second-order valence-electron chi connectivity index (χ2n) is 3.50. The Morgan fingerprint density at radius 2 is 2.35 bits per heavy atom. The normalized spacial score (nSPS) is 10.1. The van der Waals surface area contributed by atoms with Gasteiger partial charge < -0.3 is 11.1 Å². The summed E-state index contributed by atoms with van der Waals surface area (Å²) in [5, 5.41) is 6.78. The molecule has 0 aromatic carbocycles. The van der Waals surface area contributed by atoms with Crippen molar-refractivity contribution in [3.63, 3.8) is 0 Å². The molecule has 6 nitrogen and oxygen atoms in total. The molecule has 0 atom stereocenters. The minimum Gasteiger partial charge on any atom is -0.397 e. The van der Waals surface area contributed by atoms with Crippen LogP contribution in [0.25, 0.3) is 0 Å². The van der Waals surface area contributed by atoms with Crippen LogP contribution in [0.5, 0.6) is 0 Å². The minimum atomic E-state index is -0.211.